The number of fused-ring (bicyclic) bond motifs is 1. The number of imidazole rings is 1. The lowest BCUT2D eigenvalue weighted by atomic mass is 10.2. The fourth-order valence-electron chi connectivity index (χ4n) is 2.89. The molecule has 3 rings (SSSR count). The highest BCUT2D eigenvalue weighted by molar-refractivity contribution is 6.33. The third-order valence-corrected chi connectivity index (χ3v) is 4.56. The molecule has 2 aromatic heterocycles. The Morgan fingerprint density at radius 1 is 1.24 bits per heavy atom. The van der Waals surface area contributed by atoms with Gasteiger partial charge < -0.3 is 14.8 Å². The van der Waals surface area contributed by atoms with E-state index in [0.29, 0.717) is 29.3 Å². The van der Waals surface area contributed by atoms with E-state index in [-0.39, 0.29) is 16.4 Å². The smallest absolute Gasteiger partial charge is 0.417 e. The molecule has 0 spiro atoms. The van der Waals surface area contributed by atoms with E-state index in [1.807, 2.05) is 0 Å². The summed E-state index contributed by atoms with van der Waals surface area (Å²) in [5.41, 5.74) is -0.347. The Hall–Kier alpha value is -2.94. The zero-order valence-electron chi connectivity index (χ0n) is 15.7. The monoisotopic (exact) mass is 427 g/mol. The van der Waals surface area contributed by atoms with Crippen LogP contribution in [0.2, 0.25) is 5.02 Å². The lowest BCUT2D eigenvalue weighted by molar-refractivity contribution is -0.137. The molecule has 0 saturated heterocycles. The first kappa shape index (κ1) is 20.8. The number of rotatable bonds is 5. The number of amides is 1. The summed E-state index contributed by atoms with van der Waals surface area (Å²) in [6.07, 6.45) is -3.50. The molecule has 6 nitrogen and oxygen atoms in total. The molecule has 0 aliphatic rings. The molecule has 0 radical (unpaired) electrons. The largest absolute Gasteiger partial charge is 0.497 e. The second-order valence-corrected chi connectivity index (χ2v) is 6.46. The van der Waals surface area contributed by atoms with E-state index in [0.717, 1.165) is 16.7 Å². The van der Waals surface area contributed by atoms with Crippen LogP contribution in [0.5, 0.6) is 11.5 Å². The minimum absolute atomic E-state index is 0.0413. The zero-order chi connectivity index (χ0) is 21.3. The van der Waals surface area contributed by atoms with Gasteiger partial charge in [0.25, 0.3) is 5.91 Å². The SMILES string of the molecule is CCc1nc2c(Cl)cc(C(F)(F)F)cn2c1C(=O)Nc1cc(OC)ccc1OC. The summed E-state index contributed by atoms with van der Waals surface area (Å²) in [6.45, 7) is 1.74. The summed E-state index contributed by atoms with van der Waals surface area (Å²) in [6, 6.07) is 5.58. The van der Waals surface area contributed by atoms with Crippen LogP contribution in [0.4, 0.5) is 18.9 Å². The first-order chi connectivity index (χ1) is 13.7. The number of carbonyl (C=O) groups excluding carboxylic acids is 1. The molecule has 2 heterocycles. The molecule has 0 fully saturated rings. The first-order valence-electron chi connectivity index (χ1n) is 8.50. The number of ether oxygens (including phenoxy) is 2. The van der Waals surface area contributed by atoms with Crippen molar-refractivity contribution in [2.75, 3.05) is 19.5 Å². The molecule has 0 aliphatic carbocycles. The molecule has 1 N–H and O–H groups in total. The van der Waals surface area contributed by atoms with Gasteiger partial charge in [-0.3, -0.25) is 9.20 Å². The van der Waals surface area contributed by atoms with Gasteiger partial charge in [0.15, 0.2) is 5.65 Å². The summed E-state index contributed by atoms with van der Waals surface area (Å²) in [7, 11) is 2.90. The zero-order valence-corrected chi connectivity index (χ0v) is 16.5. The predicted molar refractivity (Wildman–Crippen MR) is 102 cm³/mol. The molecule has 0 saturated carbocycles. The molecular weight excluding hydrogens is 411 g/mol. The summed E-state index contributed by atoms with van der Waals surface area (Å²) in [5.74, 6) is 0.175. The molecule has 1 aromatic carbocycles. The van der Waals surface area contributed by atoms with Gasteiger partial charge in [-0.25, -0.2) is 4.98 Å². The molecular formula is C19H17ClF3N3O3. The summed E-state index contributed by atoms with van der Waals surface area (Å²) in [4.78, 5) is 17.3. The van der Waals surface area contributed by atoms with E-state index in [9.17, 15) is 18.0 Å². The Morgan fingerprint density at radius 2 is 1.97 bits per heavy atom. The molecule has 0 aliphatic heterocycles. The van der Waals surface area contributed by atoms with Crippen molar-refractivity contribution in [2.24, 2.45) is 0 Å². The minimum atomic E-state index is -4.63. The number of anilines is 1. The number of methoxy groups -OCH3 is 2. The number of aromatic nitrogens is 2. The topological polar surface area (TPSA) is 64.9 Å². The second-order valence-electron chi connectivity index (χ2n) is 6.05. The third-order valence-electron chi connectivity index (χ3n) is 4.28. The van der Waals surface area contributed by atoms with Crippen LogP contribution in [0.15, 0.2) is 30.5 Å². The lowest BCUT2D eigenvalue weighted by Crippen LogP contribution is -2.17. The molecule has 29 heavy (non-hydrogen) atoms. The van der Waals surface area contributed by atoms with Crippen molar-refractivity contribution < 1.29 is 27.4 Å². The van der Waals surface area contributed by atoms with Gasteiger partial charge in [-0.05, 0) is 24.6 Å². The quantitative estimate of drug-likeness (QED) is 0.633. The van der Waals surface area contributed by atoms with Gasteiger partial charge in [0.2, 0.25) is 0 Å². The van der Waals surface area contributed by atoms with Crippen molar-refractivity contribution in [3.05, 3.63) is 52.4 Å². The Kier molecular flexibility index (Phi) is 5.61. The van der Waals surface area contributed by atoms with Crippen LogP contribution in [-0.4, -0.2) is 29.5 Å². The predicted octanol–water partition coefficient (Wildman–Crippen LogP) is 4.84. The Balaban J connectivity index is 2.13. The van der Waals surface area contributed by atoms with Crippen LogP contribution >= 0.6 is 11.6 Å². The Morgan fingerprint density at radius 3 is 2.55 bits per heavy atom. The molecule has 1 amide bonds. The van der Waals surface area contributed by atoms with Crippen molar-refractivity contribution in [2.45, 2.75) is 19.5 Å². The van der Waals surface area contributed by atoms with Crippen LogP contribution in [0, 0.1) is 0 Å². The number of halogens is 4. The van der Waals surface area contributed by atoms with Crippen molar-refractivity contribution >= 4 is 28.8 Å². The molecule has 154 valence electrons. The Bertz CT molecular complexity index is 1080. The number of nitrogens with zero attached hydrogens (tertiary/aromatic N) is 2. The van der Waals surface area contributed by atoms with Gasteiger partial charge in [-0.2, -0.15) is 13.2 Å². The van der Waals surface area contributed by atoms with Crippen LogP contribution in [-0.2, 0) is 12.6 Å². The first-order valence-corrected chi connectivity index (χ1v) is 8.88. The number of aryl methyl sites for hydroxylation is 1. The van der Waals surface area contributed by atoms with E-state index in [4.69, 9.17) is 21.1 Å². The van der Waals surface area contributed by atoms with Crippen molar-refractivity contribution in [1.82, 2.24) is 9.38 Å². The molecule has 0 bridgehead atoms. The van der Waals surface area contributed by atoms with Crippen LogP contribution in [0.3, 0.4) is 0 Å². The average Bonchev–Trinajstić information content (AvgIpc) is 3.06. The highest BCUT2D eigenvalue weighted by Gasteiger charge is 2.33. The normalized spacial score (nSPS) is 11.6. The van der Waals surface area contributed by atoms with Gasteiger partial charge in [0.05, 0.1) is 36.2 Å². The van der Waals surface area contributed by atoms with E-state index in [2.05, 4.69) is 10.3 Å². The molecule has 3 aromatic rings. The van der Waals surface area contributed by atoms with E-state index < -0.39 is 17.6 Å². The van der Waals surface area contributed by atoms with Gasteiger partial charge >= 0.3 is 6.18 Å². The van der Waals surface area contributed by atoms with Gasteiger partial charge in [-0.15, -0.1) is 0 Å². The summed E-state index contributed by atoms with van der Waals surface area (Å²) >= 11 is 6.01. The maximum Gasteiger partial charge on any atom is 0.417 e. The molecule has 0 unspecified atom stereocenters. The lowest BCUT2D eigenvalue weighted by Gasteiger charge is -2.13. The minimum Gasteiger partial charge on any atom is -0.497 e. The third kappa shape index (κ3) is 3.95. The van der Waals surface area contributed by atoms with Crippen molar-refractivity contribution in [1.29, 1.82) is 0 Å². The summed E-state index contributed by atoms with van der Waals surface area (Å²) < 4.78 is 51.1. The van der Waals surface area contributed by atoms with Crippen molar-refractivity contribution in [3.8, 4) is 11.5 Å². The van der Waals surface area contributed by atoms with Crippen LogP contribution < -0.4 is 14.8 Å². The van der Waals surface area contributed by atoms with E-state index in [1.165, 1.54) is 14.2 Å². The van der Waals surface area contributed by atoms with Gasteiger partial charge in [0, 0.05) is 12.3 Å². The maximum absolute atomic E-state index is 13.2. The van der Waals surface area contributed by atoms with Crippen LogP contribution in [0.25, 0.3) is 5.65 Å². The van der Waals surface area contributed by atoms with E-state index in [1.54, 1.807) is 25.1 Å². The fraction of sp³-hybridized carbons (Fsp3) is 0.263. The summed E-state index contributed by atoms with van der Waals surface area (Å²) in [5, 5.41) is 2.45. The Labute approximate surface area is 169 Å². The van der Waals surface area contributed by atoms with Crippen molar-refractivity contribution in [3.63, 3.8) is 0 Å². The number of carbonyl (C=O) groups is 1. The van der Waals surface area contributed by atoms with Crippen LogP contribution in [0.1, 0.15) is 28.7 Å². The number of alkyl halides is 3. The highest BCUT2D eigenvalue weighted by atomic mass is 35.5. The second kappa shape index (κ2) is 7.82. The number of pyridine rings is 1. The number of nitrogens with one attached hydrogen (secondary N) is 1. The number of hydrogen-bond acceptors (Lipinski definition) is 4. The molecule has 10 heteroatoms. The fourth-order valence-corrected chi connectivity index (χ4v) is 3.14. The standard InChI is InChI=1S/C19H17ClF3N3O3/c1-4-13-16(18(27)25-14-8-11(28-2)5-6-15(14)29-3)26-9-10(19(21,22)23)7-12(20)17(26)24-13/h5-9H,4H2,1-3H3,(H,25,27). The van der Waals surface area contributed by atoms with E-state index >= 15 is 0 Å². The maximum atomic E-state index is 13.2. The highest BCUT2D eigenvalue weighted by Crippen LogP contribution is 2.34. The number of hydrogen-bond donors (Lipinski definition) is 1. The van der Waals surface area contributed by atoms with Gasteiger partial charge in [0.1, 0.15) is 17.2 Å². The molecule has 0 atom stereocenters. The van der Waals surface area contributed by atoms with Gasteiger partial charge in [-0.1, -0.05) is 18.5 Å². The average molecular weight is 428 g/mol. The number of benzene rings is 1.